The van der Waals surface area contributed by atoms with Gasteiger partial charge in [0, 0.05) is 4.47 Å². The molecule has 0 aliphatic heterocycles. The largest absolute Gasteiger partial charge is 0.497 e. The highest BCUT2D eigenvalue weighted by Gasteiger charge is 2.32. The molecule has 3 N–H and O–H groups in total. The molecule has 134 valence electrons. The molecule has 0 saturated carbocycles. The Morgan fingerprint density at radius 3 is 2.16 bits per heavy atom. The summed E-state index contributed by atoms with van der Waals surface area (Å²) in [7, 11) is -2.65. The molecule has 2 aromatic carbocycles. The highest BCUT2D eigenvalue weighted by atomic mass is 79.9. The maximum Gasteiger partial charge on any atom is 0.324 e. The van der Waals surface area contributed by atoms with E-state index in [0.717, 1.165) is 0 Å². The first-order chi connectivity index (χ1) is 11.7. The van der Waals surface area contributed by atoms with E-state index in [-0.39, 0.29) is 10.5 Å². The molecule has 0 fully saturated rings. The molecule has 2 atom stereocenters. The minimum atomic E-state index is -4.12. The molecule has 2 unspecified atom stereocenters. The molecule has 0 radical (unpaired) electrons. The van der Waals surface area contributed by atoms with Crippen LogP contribution in [0, 0.1) is 0 Å². The first-order valence-electron chi connectivity index (χ1n) is 7.07. The van der Waals surface area contributed by atoms with Crippen molar-refractivity contribution >= 4 is 31.9 Å². The molecule has 25 heavy (non-hydrogen) atoms. The van der Waals surface area contributed by atoms with Crippen molar-refractivity contribution in [2.45, 2.75) is 17.0 Å². The molecule has 9 heteroatoms. The summed E-state index contributed by atoms with van der Waals surface area (Å²) in [6.45, 7) is 0. The first-order valence-corrected chi connectivity index (χ1v) is 9.35. The third-order valence-corrected chi connectivity index (χ3v) is 5.43. The van der Waals surface area contributed by atoms with E-state index in [1.54, 1.807) is 12.1 Å². The van der Waals surface area contributed by atoms with Gasteiger partial charge in [0.05, 0.1) is 12.0 Å². The monoisotopic (exact) mass is 429 g/mol. The van der Waals surface area contributed by atoms with E-state index in [1.807, 2.05) is 4.72 Å². The number of hydrogen-bond acceptors (Lipinski definition) is 5. The summed E-state index contributed by atoms with van der Waals surface area (Å²) in [6, 6.07) is 9.95. The Hall–Kier alpha value is -1.94. The van der Waals surface area contributed by atoms with E-state index >= 15 is 0 Å². The number of nitrogens with one attached hydrogen (secondary N) is 1. The van der Waals surface area contributed by atoms with E-state index in [1.165, 1.54) is 43.5 Å². The van der Waals surface area contributed by atoms with Crippen molar-refractivity contribution in [2.75, 3.05) is 7.11 Å². The minimum absolute atomic E-state index is 0.108. The second-order valence-electron chi connectivity index (χ2n) is 5.11. The van der Waals surface area contributed by atoms with E-state index < -0.39 is 28.1 Å². The fraction of sp³-hybridized carbons (Fsp3) is 0.188. The van der Waals surface area contributed by atoms with Gasteiger partial charge in [0.15, 0.2) is 0 Å². The Kier molecular flexibility index (Phi) is 6.17. The van der Waals surface area contributed by atoms with E-state index in [4.69, 9.17) is 4.74 Å². The lowest BCUT2D eigenvalue weighted by Crippen LogP contribution is -2.44. The predicted octanol–water partition coefficient (Wildman–Crippen LogP) is 1.92. The summed E-state index contributed by atoms with van der Waals surface area (Å²) in [5.41, 5.74) is 0.242. The number of benzene rings is 2. The summed E-state index contributed by atoms with van der Waals surface area (Å²) in [5.74, 6) is -0.970. The van der Waals surface area contributed by atoms with Crippen molar-refractivity contribution in [3.63, 3.8) is 0 Å². The van der Waals surface area contributed by atoms with Gasteiger partial charge in [-0.3, -0.25) is 4.79 Å². The van der Waals surface area contributed by atoms with Gasteiger partial charge in [-0.1, -0.05) is 28.1 Å². The lowest BCUT2D eigenvalue weighted by Gasteiger charge is -2.21. The van der Waals surface area contributed by atoms with Crippen LogP contribution in [0.25, 0.3) is 0 Å². The molecular weight excluding hydrogens is 414 g/mol. The zero-order chi connectivity index (χ0) is 18.6. The Morgan fingerprint density at radius 1 is 1.12 bits per heavy atom. The normalized spacial score (nSPS) is 13.9. The zero-order valence-corrected chi connectivity index (χ0v) is 15.5. The van der Waals surface area contributed by atoms with Crippen molar-refractivity contribution in [3.8, 4) is 5.75 Å². The molecule has 0 spiro atoms. The minimum Gasteiger partial charge on any atom is -0.497 e. The molecule has 0 aliphatic carbocycles. The molecule has 0 amide bonds. The Bertz CT molecular complexity index is 836. The molecule has 0 aliphatic rings. The number of hydrogen-bond donors (Lipinski definition) is 3. The van der Waals surface area contributed by atoms with Gasteiger partial charge in [-0.05, 0) is 42.0 Å². The summed E-state index contributed by atoms with van der Waals surface area (Å²) in [5, 5.41) is 19.7. The quantitative estimate of drug-likeness (QED) is 0.619. The Labute approximate surface area is 153 Å². The third kappa shape index (κ3) is 4.79. The van der Waals surface area contributed by atoms with Crippen LogP contribution in [0.15, 0.2) is 57.9 Å². The number of carbonyl (C=O) groups is 1. The van der Waals surface area contributed by atoms with Gasteiger partial charge in [-0.2, -0.15) is 4.72 Å². The topological polar surface area (TPSA) is 113 Å². The lowest BCUT2D eigenvalue weighted by molar-refractivity contribution is -0.141. The molecule has 0 heterocycles. The number of rotatable bonds is 7. The van der Waals surface area contributed by atoms with Gasteiger partial charge in [0.25, 0.3) is 0 Å². The van der Waals surface area contributed by atoms with Crippen molar-refractivity contribution in [2.24, 2.45) is 0 Å². The summed E-state index contributed by atoms with van der Waals surface area (Å²) >= 11 is 3.19. The lowest BCUT2D eigenvalue weighted by atomic mass is 10.0. The van der Waals surface area contributed by atoms with Gasteiger partial charge in [-0.15, -0.1) is 0 Å². The fourth-order valence-electron chi connectivity index (χ4n) is 2.09. The molecule has 2 rings (SSSR count). The van der Waals surface area contributed by atoms with Crippen molar-refractivity contribution in [1.29, 1.82) is 0 Å². The van der Waals surface area contributed by atoms with Crippen LogP contribution in [0.1, 0.15) is 11.7 Å². The summed E-state index contributed by atoms with van der Waals surface area (Å²) in [6.07, 6.45) is -1.58. The average molecular weight is 430 g/mol. The average Bonchev–Trinajstić information content (AvgIpc) is 2.59. The number of aliphatic hydroxyl groups excluding tert-OH is 1. The number of halogens is 1. The van der Waals surface area contributed by atoms with Crippen LogP contribution in [-0.4, -0.2) is 37.8 Å². The standard InChI is InChI=1S/C16H16BrNO6S/c1-24-12-6-2-10(3-7-12)15(19)14(16(20)21)18-25(22,23)13-8-4-11(17)5-9-13/h2-9,14-15,18-19H,1H3,(H,20,21). The molecule has 7 nitrogen and oxygen atoms in total. The number of aliphatic hydroxyl groups is 1. The SMILES string of the molecule is COc1ccc(C(O)C(NS(=O)(=O)c2ccc(Br)cc2)C(=O)O)cc1. The molecule has 0 saturated heterocycles. The number of sulfonamides is 1. The number of aliphatic carboxylic acids is 1. The van der Waals surface area contributed by atoms with Crippen LogP contribution in [-0.2, 0) is 14.8 Å². The van der Waals surface area contributed by atoms with E-state index in [0.29, 0.717) is 10.2 Å². The van der Waals surface area contributed by atoms with Gasteiger partial charge in [-0.25, -0.2) is 8.42 Å². The Balaban J connectivity index is 2.27. The zero-order valence-electron chi connectivity index (χ0n) is 13.1. The number of carboxylic acid groups (broad SMARTS) is 1. The van der Waals surface area contributed by atoms with Crippen LogP contribution in [0.5, 0.6) is 5.75 Å². The van der Waals surface area contributed by atoms with Gasteiger partial charge >= 0.3 is 5.97 Å². The predicted molar refractivity (Wildman–Crippen MR) is 93.8 cm³/mol. The molecular formula is C16H16BrNO6S. The smallest absolute Gasteiger partial charge is 0.324 e. The van der Waals surface area contributed by atoms with E-state index in [9.17, 15) is 23.4 Å². The van der Waals surface area contributed by atoms with Crippen LogP contribution >= 0.6 is 15.9 Å². The molecule has 2 aromatic rings. The van der Waals surface area contributed by atoms with Gasteiger partial charge in [0.1, 0.15) is 17.9 Å². The van der Waals surface area contributed by atoms with Crippen molar-refractivity contribution in [1.82, 2.24) is 4.72 Å². The maximum absolute atomic E-state index is 12.4. The molecule has 0 aromatic heterocycles. The first kappa shape index (κ1) is 19.4. The van der Waals surface area contributed by atoms with Gasteiger partial charge in [0.2, 0.25) is 10.0 Å². The maximum atomic E-state index is 12.4. The van der Waals surface area contributed by atoms with Gasteiger partial charge < -0.3 is 14.9 Å². The van der Waals surface area contributed by atoms with Crippen molar-refractivity contribution in [3.05, 3.63) is 58.6 Å². The second-order valence-corrected chi connectivity index (χ2v) is 7.74. The van der Waals surface area contributed by atoms with Crippen LogP contribution in [0.3, 0.4) is 0 Å². The second kappa shape index (κ2) is 7.96. The highest BCUT2D eigenvalue weighted by Crippen LogP contribution is 2.22. The molecule has 0 bridgehead atoms. The highest BCUT2D eigenvalue weighted by molar-refractivity contribution is 9.10. The van der Waals surface area contributed by atoms with Crippen LogP contribution in [0.4, 0.5) is 0 Å². The van der Waals surface area contributed by atoms with E-state index in [2.05, 4.69) is 15.9 Å². The Morgan fingerprint density at radius 2 is 1.68 bits per heavy atom. The summed E-state index contributed by atoms with van der Waals surface area (Å²) in [4.78, 5) is 11.4. The van der Waals surface area contributed by atoms with Crippen LogP contribution in [0.2, 0.25) is 0 Å². The number of ether oxygens (including phenoxy) is 1. The fourth-order valence-corrected chi connectivity index (χ4v) is 3.55. The third-order valence-electron chi connectivity index (χ3n) is 3.45. The summed E-state index contributed by atoms with van der Waals surface area (Å²) < 4.78 is 32.5. The van der Waals surface area contributed by atoms with Crippen LogP contribution < -0.4 is 9.46 Å². The number of carboxylic acids is 1. The number of methoxy groups -OCH3 is 1. The van der Waals surface area contributed by atoms with Crippen molar-refractivity contribution < 1.29 is 28.2 Å².